The molecule has 0 spiro atoms. The molecular weight excluding hydrogens is 240 g/mol. The van der Waals surface area contributed by atoms with Crippen molar-refractivity contribution in [3.05, 3.63) is 0 Å². The number of aliphatic carboxylic acids is 1. The van der Waals surface area contributed by atoms with Crippen LogP contribution in [0.2, 0.25) is 0 Å². The third-order valence-corrected chi connectivity index (χ3v) is 4.21. The second kappa shape index (κ2) is 5.73. The van der Waals surface area contributed by atoms with Crippen molar-refractivity contribution in [2.24, 2.45) is 5.92 Å². The summed E-state index contributed by atoms with van der Waals surface area (Å²) >= 11 is 1.76. The predicted octanol–water partition coefficient (Wildman–Crippen LogP) is 0.0609. The highest BCUT2D eigenvalue weighted by Gasteiger charge is 2.35. The number of nitrogens with one attached hydrogen (secondary N) is 2. The molecular formula is C11H18N2O3S. The van der Waals surface area contributed by atoms with Gasteiger partial charge in [-0.15, -0.1) is 0 Å². The Bertz CT molecular complexity index is 301. The van der Waals surface area contributed by atoms with E-state index in [1.54, 1.807) is 11.8 Å². The van der Waals surface area contributed by atoms with Crippen molar-refractivity contribution < 1.29 is 14.7 Å². The van der Waals surface area contributed by atoms with Crippen LogP contribution < -0.4 is 10.6 Å². The molecule has 2 rings (SSSR count). The van der Waals surface area contributed by atoms with Crippen LogP contribution in [0.15, 0.2) is 0 Å². The van der Waals surface area contributed by atoms with Crippen molar-refractivity contribution in [3.63, 3.8) is 0 Å². The third kappa shape index (κ3) is 3.89. The van der Waals surface area contributed by atoms with Crippen LogP contribution in [0.1, 0.15) is 19.3 Å². The van der Waals surface area contributed by atoms with Crippen LogP contribution in [0, 0.1) is 5.92 Å². The fourth-order valence-electron chi connectivity index (χ4n) is 2.04. The van der Waals surface area contributed by atoms with Crippen molar-refractivity contribution in [2.45, 2.75) is 31.3 Å². The molecule has 1 saturated heterocycles. The summed E-state index contributed by atoms with van der Waals surface area (Å²) in [7, 11) is 0. The summed E-state index contributed by atoms with van der Waals surface area (Å²) in [5, 5.41) is 14.9. The monoisotopic (exact) mass is 258 g/mol. The molecule has 2 aliphatic rings. The molecule has 1 aliphatic heterocycles. The second-order valence-corrected chi connectivity index (χ2v) is 5.78. The number of carbonyl (C=O) groups excluding carboxylic acids is 1. The first-order valence-corrected chi connectivity index (χ1v) is 7.15. The van der Waals surface area contributed by atoms with E-state index >= 15 is 0 Å². The van der Waals surface area contributed by atoms with Gasteiger partial charge < -0.3 is 15.7 Å². The summed E-state index contributed by atoms with van der Waals surface area (Å²) < 4.78 is 0. The molecule has 0 aromatic carbocycles. The smallest absolute Gasteiger partial charge is 0.305 e. The number of hydrogen-bond donors (Lipinski definition) is 3. The quantitative estimate of drug-likeness (QED) is 0.650. The van der Waals surface area contributed by atoms with Gasteiger partial charge in [0.2, 0.25) is 5.91 Å². The lowest BCUT2D eigenvalue weighted by molar-refractivity contribution is -0.138. The summed E-state index contributed by atoms with van der Waals surface area (Å²) in [6.45, 7) is 0.843. The number of amides is 1. The van der Waals surface area contributed by atoms with Gasteiger partial charge in [-0.1, -0.05) is 0 Å². The topological polar surface area (TPSA) is 78.4 Å². The van der Waals surface area contributed by atoms with Crippen molar-refractivity contribution in [2.75, 3.05) is 18.1 Å². The second-order valence-electron chi connectivity index (χ2n) is 4.63. The highest BCUT2D eigenvalue weighted by Crippen LogP contribution is 2.34. The van der Waals surface area contributed by atoms with Gasteiger partial charge in [0, 0.05) is 24.1 Å². The van der Waals surface area contributed by atoms with E-state index in [-0.39, 0.29) is 24.4 Å². The Balaban J connectivity index is 1.83. The van der Waals surface area contributed by atoms with Gasteiger partial charge in [-0.05, 0) is 18.8 Å². The van der Waals surface area contributed by atoms with Crippen LogP contribution in [-0.2, 0) is 9.59 Å². The number of carbonyl (C=O) groups is 2. The van der Waals surface area contributed by atoms with E-state index < -0.39 is 5.97 Å². The lowest BCUT2D eigenvalue weighted by atomic mass is 10.1. The Hall–Kier alpha value is -0.750. The van der Waals surface area contributed by atoms with Crippen LogP contribution in [0.25, 0.3) is 0 Å². The minimum atomic E-state index is -0.840. The van der Waals surface area contributed by atoms with E-state index in [4.69, 9.17) is 5.11 Å². The average molecular weight is 258 g/mol. The largest absolute Gasteiger partial charge is 0.481 e. The summed E-state index contributed by atoms with van der Waals surface area (Å²) in [6.07, 6.45) is 2.10. The molecule has 2 fully saturated rings. The highest BCUT2D eigenvalue weighted by molar-refractivity contribution is 7.99. The molecule has 5 nitrogen and oxygen atoms in total. The standard InChI is InChI=1S/C11H18N2O3S/c14-10(15)5-8(7-1-2-7)13-11(16)9-6-17-4-3-12-9/h7-9,12H,1-6H2,(H,13,16)(H,14,15). The van der Waals surface area contributed by atoms with Crippen molar-refractivity contribution >= 4 is 23.6 Å². The number of carboxylic acids is 1. The number of thioether (sulfide) groups is 1. The molecule has 1 aliphatic carbocycles. The van der Waals surface area contributed by atoms with E-state index in [9.17, 15) is 9.59 Å². The molecule has 1 amide bonds. The fourth-order valence-corrected chi connectivity index (χ4v) is 2.97. The molecule has 17 heavy (non-hydrogen) atoms. The normalized spacial score (nSPS) is 26.2. The van der Waals surface area contributed by atoms with E-state index in [2.05, 4.69) is 10.6 Å². The van der Waals surface area contributed by atoms with Crippen LogP contribution in [0.3, 0.4) is 0 Å². The molecule has 3 N–H and O–H groups in total. The zero-order chi connectivity index (χ0) is 12.3. The van der Waals surface area contributed by atoms with Gasteiger partial charge in [0.05, 0.1) is 12.5 Å². The molecule has 0 aromatic heterocycles. The zero-order valence-electron chi connectivity index (χ0n) is 9.65. The predicted molar refractivity (Wildman–Crippen MR) is 66.0 cm³/mol. The Morgan fingerprint density at radius 3 is 2.76 bits per heavy atom. The molecule has 0 bridgehead atoms. The Morgan fingerprint density at radius 2 is 2.24 bits per heavy atom. The molecule has 0 aromatic rings. The number of hydrogen-bond acceptors (Lipinski definition) is 4. The average Bonchev–Trinajstić information content (AvgIpc) is 3.12. The maximum absolute atomic E-state index is 11.9. The van der Waals surface area contributed by atoms with Crippen LogP contribution >= 0.6 is 11.8 Å². The Kier molecular flexibility index (Phi) is 4.28. The van der Waals surface area contributed by atoms with Gasteiger partial charge in [-0.3, -0.25) is 9.59 Å². The highest BCUT2D eigenvalue weighted by atomic mass is 32.2. The van der Waals surface area contributed by atoms with E-state index in [0.717, 1.165) is 30.9 Å². The molecule has 1 saturated carbocycles. The molecule has 1 heterocycles. The lowest BCUT2D eigenvalue weighted by Gasteiger charge is -2.25. The van der Waals surface area contributed by atoms with Gasteiger partial charge in [-0.25, -0.2) is 0 Å². The van der Waals surface area contributed by atoms with Gasteiger partial charge in [-0.2, -0.15) is 11.8 Å². The molecule has 6 heteroatoms. The molecule has 96 valence electrons. The summed E-state index contributed by atoms with van der Waals surface area (Å²) in [6, 6.07) is -0.350. The van der Waals surface area contributed by atoms with Gasteiger partial charge in [0.15, 0.2) is 0 Å². The molecule has 2 unspecified atom stereocenters. The number of rotatable bonds is 5. The van der Waals surface area contributed by atoms with Crippen LogP contribution in [0.5, 0.6) is 0 Å². The van der Waals surface area contributed by atoms with Gasteiger partial charge in [0.25, 0.3) is 0 Å². The fraction of sp³-hybridized carbons (Fsp3) is 0.818. The Labute approximate surface area is 105 Å². The lowest BCUT2D eigenvalue weighted by Crippen LogP contribution is -2.52. The van der Waals surface area contributed by atoms with Gasteiger partial charge in [0.1, 0.15) is 0 Å². The van der Waals surface area contributed by atoms with Crippen molar-refractivity contribution in [3.8, 4) is 0 Å². The van der Waals surface area contributed by atoms with E-state index in [1.807, 2.05) is 0 Å². The Morgan fingerprint density at radius 1 is 1.47 bits per heavy atom. The minimum Gasteiger partial charge on any atom is -0.481 e. The van der Waals surface area contributed by atoms with Gasteiger partial charge >= 0.3 is 5.97 Å². The number of carboxylic acid groups (broad SMARTS) is 1. The minimum absolute atomic E-state index is 0.0380. The summed E-state index contributed by atoms with van der Waals surface area (Å²) in [4.78, 5) is 22.7. The summed E-state index contributed by atoms with van der Waals surface area (Å²) in [5.74, 6) is 1.29. The molecule has 2 atom stereocenters. The van der Waals surface area contributed by atoms with E-state index in [0.29, 0.717) is 5.92 Å². The van der Waals surface area contributed by atoms with E-state index in [1.165, 1.54) is 0 Å². The van der Waals surface area contributed by atoms with Crippen molar-refractivity contribution in [1.82, 2.24) is 10.6 Å². The molecule has 0 radical (unpaired) electrons. The summed E-state index contributed by atoms with van der Waals surface area (Å²) in [5.41, 5.74) is 0. The maximum Gasteiger partial charge on any atom is 0.305 e. The third-order valence-electron chi connectivity index (χ3n) is 3.15. The SMILES string of the molecule is O=C(O)CC(NC(=O)C1CSCCN1)C1CC1. The van der Waals surface area contributed by atoms with Crippen LogP contribution in [0.4, 0.5) is 0 Å². The first kappa shape index (κ1) is 12.7. The zero-order valence-corrected chi connectivity index (χ0v) is 10.5. The van der Waals surface area contributed by atoms with Crippen molar-refractivity contribution in [1.29, 1.82) is 0 Å². The first-order valence-electron chi connectivity index (χ1n) is 6.00. The first-order chi connectivity index (χ1) is 8.16. The van der Waals surface area contributed by atoms with Crippen LogP contribution in [-0.4, -0.2) is 47.1 Å². The maximum atomic E-state index is 11.9.